The number of nitro groups is 1. The van der Waals surface area contributed by atoms with Gasteiger partial charge in [0.1, 0.15) is 6.04 Å². The molecule has 2 aromatic rings. The first-order valence-electron chi connectivity index (χ1n) is 11.9. The van der Waals surface area contributed by atoms with Crippen molar-refractivity contribution in [2.24, 2.45) is 0 Å². The maximum Gasteiger partial charge on any atom is 0.407 e. The van der Waals surface area contributed by atoms with Crippen LogP contribution in [0.5, 0.6) is 0 Å². The van der Waals surface area contributed by atoms with Crippen molar-refractivity contribution in [2.75, 3.05) is 13.2 Å². The minimum absolute atomic E-state index is 0.0232. The number of imide groups is 1. The van der Waals surface area contributed by atoms with Gasteiger partial charge in [0.05, 0.1) is 29.2 Å². The molecule has 0 saturated carbocycles. The Labute approximate surface area is 218 Å². The fourth-order valence-corrected chi connectivity index (χ4v) is 3.83. The summed E-state index contributed by atoms with van der Waals surface area (Å²) in [6.45, 7) is 4.76. The highest BCUT2D eigenvalue weighted by molar-refractivity contribution is 6.22. The maximum absolute atomic E-state index is 13.2. The predicted molar refractivity (Wildman–Crippen MR) is 135 cm³/mol. The number of ether oxygens (including phenoxy) is 1. The fourth-order valence-electron chi connectivity index (χ4n) is 3.83. The average Bonchev–Trinajstić information content (AvgIpc) is 3.11. The van der Waals surface area contributed by atoms with Gasteiger partial charge in [-0.05, 0) is 45.7 Å². The maximum atomic E-state index is 13.2. The zero-order chi connectivity index (χ0) is 28.0. The number of rotatable bonds is 10. The molecule has 2 aromatic carbocycles. The Morgan fingerprint density at radius 2 is 1.66 bits per heavy atom. The number of benzene rings is 2. The number of ketones is 1. The fraction of sp³-hybridized carbons (Fsp3) is 0.346. The summed E-state index contributed by atoms with van der Waals surface area (Å²) < 4.78 is 5.13. The number of fused-ring (bicyclic) bond motifs is 1. The highest BCUT2D eigenvalue weighted by Crippen LogP contribution is 2.26. The molecule has 1 heterocycles. The van der Waals surface area contributed by atoms with Crippen LogP contribution in [0.1, 0.15) is 64.7 Å². The molecular weight excluding hydrogens is 496 g/mol. The molecular formula is C26H28N4O8. The summed E-state index contributed by atoms with van der Waals surface area (Å²) in [5.74, 6) is -2.66. The van der Waals surface area contributed by atoms with Crippen LogP contribution in [0.25, 0.3) is 0 Å². The van der Waals surface area contributed by atoms with Crippen molar-refractivity contribution >= 4 is 35.3 Å². The molecule has 0 radical (unpaired) electrons. The summed E-state index contributed by atoms with van der Waals surface area (Å²) in [6, 6.07) is 9.94. The molecule has 200 valence electrons. The van der Waals surface area contributed by atoms with Crippen LogP contribution < -0.4 is 10.6 Å². The topological polar surface area (TPSA) is 165 Å². The minimum Gasteiger partial charge on any atom is -0.450 e. The van der Waals surface area contributed by atoms with Crippen LogP contribution in [0.15, 0.2) is 48.5 Å². The molecule has 0 saturated heterocycles. The van der Waals surface area contributed by atoms with Crippen molar-refractivity contribution in [3.8, 4) is 0 Å². The second-order valence-corrected chi connectivity index (χ2v) is 9.64. The summed E-state index contributed by atoms with van der Waals surface area (Å²) in [7, 11) is 0. The number of nitro benzene ring substituents is 1. The van der Waals surface area contributed by atoms with Gasteiger partial charge >= 0.3 is 6.09 Å². The zero-order valence-corrected chi connectivity index (χ0v) is 21.2. The zero-order valence-electron chi connectivity index (χ0n) is 21.2. The van der Waals surface area contributed by atoms with E-state index in [9.17, 15) is 34.1 Å². The van der Waals surface area contributed by atoms with Crippen molar-refractivity contribution in [1.29, 1.82) is 0 Å². The molecule has 38 heavy (non-hydrogen) atoms. The molecule has 4 amide bonds. The van der Waals surface area contributed by atoms with E-state index in [2.05, 4.69) is 10.6 Å². The van der Waals surface area contributed by atoms with Crippen molar-refractivity contribution in [1.82, 2.24) is 15.5 Å². The molecule has 12 heteroatoms. The van der Waals surface area contributed by atoms with Gasteiger partial charge in [-0.1, -0.05) is 24.3 Å². The number of alkyl carbamates (subject to hydrolysis) is 1. The molecule has 1 aliphatic heterocycles. The van der Waals surface area contributed by atoms with Gasteiger partial charge in [-0.3, -0.25) is 34.2 Å². The molecule has 0 unspecified atom stereocenters. The van der Waals surface area contributed by atoms with Crippen LogP contribution in [0.2, 0.25) is 0 Å². The Balaban J connectivity index is 1.71. The minimum atomic E-state index is -1.28. The largest absolute Gasteiger partial charge is 0.450 e. The van der Waals surface area contributed by atoms with E-state index >= 15 is 0 Å². The third-order valence-corrected chi connectivity index (χ3v) is 5.57. The molecule has 1 atom stereocenters. The summed E-state index contributed by atoms with van der Waals surface area (Å²) in [5, 5.41) is 16.1. The van der Waals surface area contributed by atoms with Gasteiger partial charge in [0, 0.05) is 23.2 Å². The number of Topliss-reactive ketones (excluding diaryl/α,β-unsaturated/α-hetero) is 1. The molecule has 12 nitrogen and oxygen atoms in total. The molecule has 1 aliphatic rings. The summed E-state index contributed by atoms with van der Waals surface area (Å²) in [6.07, 6.45) is -0.547. The molecule has 3 rings (SSSR count). The second kappa shape index (κ2) is 11.6. The Bertz CT molecular complexity index is 1250. The van der Waals surface area contributed by atoms with Crippen molar-refractivity contribution in [3.05, 3.63) is 75.3 Å². The van der Waals surface area contributed by atoms with E-state index in [-0.39, 0.29) is 41.8 Å². The Morgan fingerprint density at radius 1 is 1.03 bits per heavy atom. The molecule has 0 spiro atoms. The second-order valence-electron chi connectivity index (χ2n) is 9.64. The van der Waals surface area contributed by atoms with E-state index in [4.69, 9.17) is 4.74 Å². The van der Waals surface area contributed by atoms with Crippen molar-refractivity contribution in [3.63, 3.8) is 0 Å². The number of carbonyl (C=O) groups excluding carboxylic acids is 5. The molecule has 0 aromatic heterocycles. The van der Waals surface area contributed by atoms with Crippen LogP contribution >= 0.6 is 0 Å². The van der Waals surface area contributed by atoms with E-state index in [0.29, 0.717) is 0 Å². The van der Waals surface area contributed by atoms with Crippen molar-refractivity contribution < 1.29 is 33.6 Å². The van der Waals surface area contributed by atoms with E-state index in [1.165, 1.54) is 30.3 Å². The smallest absolute Gasteiger partial charge is 0.407 e. The Hall–Kier alpha value is -4.61. The quantitative estimate of drug-likeness (QED) is 0.157. The highest BCUT2D eigenvalue weighted by atomic mass is 16.6. The van der Waals surface area contributed by atoms with Gasteiger partial charge in [0.15, 0.2) is 5.78 Å². The first-order valence-corrected chi connectivity index (χ1v) is 11.9. The Morgan fingerprint density at radius 3 is 2.24 bits per heavy atom. The van der Waals surface area contributed by atoms with Gasteiger partial charge < -0.3 is 15.4 Å². The number of nitrogens with one attached hydrogen (secondary N) is 2. The first kappa shape index (κ1) is 28.0. The lowest BCUT2D eigenvalue weighted by atomic mass is 10.1. The van der Waals surface area contributed by atoms with Gasteiger partial charge in [0.2, 0.25) is 5.91 Å². The molecule has 0 aliphatic carbocycles. The molecule has 2 N–H and O–H groups in total. The SMILES string of the molecule is CC(C)(C)NC(=O)OCCC[C@@H](C(=O)NCC(=O)c1cccc([N+](=O)[O-])c1)N1C(=O)c2ccccc2C1=O. The third-order valence-electron chi connectivity index (χ3n) is 5.57. The lowest BCUT2D eigenvalue weighted by molar-refractivity contribution is -0.384. The van der Waals surface area contributed by atoms with Gasteiger partial charge in [0.25, 0.3) is 17.5 Å². The van der Waals surface area contributed by atoms with Crippen LogP contribution in [0.3, 0.4) is 0 Å². The molecule has 0 bridgehead atoms. The van der Waals surface area contributed by atoms with Crippen LogP contribution in [-0.2, 0) is 9.53 Å². The van der Waals surface area contributed by atoms with E-state index in [1.807, 2.05) is 0 Å². The standard InChI is InChI=1S/C26H28N4O8/c1-26(2,3)28-25(35)38-13-7-12-20(29-23(33)18-10-4-5-11-19(18)24(29)34)22(32)27-15-21(31)16-8-6-9-17(14-16)30(36)37/h4-6,8-11,14,20H,7,12-13,15H2,1-3H3,(H,27,32)(H,28,35)/t20-/m0/s1. The molecule has 0 fully saturated rings. The number of non-ortho nitro benzene ring substituents is 1. The van der Waals surface area contributed by atoms with Crippen LogP contribution in [0, 0.1) is 10.1 Å². The third kappa shape index (κ3) is 6.78. The van der Waals surface area contributed by atoms with Crippen molar-refractivity contribution in [2.45, 2.75) is 45.2 Å². The number of hydrogen-bond acceptors (Lipinski definition) is 8. The monoisotopic (exact) mass is 524 g/mol. The lowest BCUT2D eigenvalue weighted by Gasteiger charge is -2.25. The van der Waals surface area contributed by atoms with E-state index in [0.717, 1.165) is 11.0 Å². The average molecular weight is 525 g/mol. The predicted octanol–water partition coefficient (Wildman–Crippen LogP) is 2.86. The lowest BCUT2D eigenvalue weighted by Crippen LogP contribution is -2.50. The van der Waals surface area contributed by atoms with E-state index < -0.39 is 52.6 Å². The number of carbonyl (C=O) groups is 5. The van der Waals surface area contributed by atoms with Crippen LogP contribution in [0.4, 0.5) is 10.5 Å². The number of nitrogens with zero attached hydrogens (tertiary/aromatic N) is 2. The number of hydrogen-bond donors (Lipinski definition) is 2. The normalized spacial score (nSPS) is 13.5. The summed E-state index contributed by atoms with van der Waals surface area (Å²) in [4.78, 5) is 74.9. The van der Waals surface area contributed by atoms with Crippen LogP contribution in [-0.4, -0.2) is 64.2 Å². The number of amides is 4. The summed E-state index contributed by atoms with van der Waals surface area (Å²) >= 11 is 0. The highest BCUT2D eigenvalue weighted by Gasteiger charge is 2.42. The first-order chi connectivity index (χ1) is 17.9. The van der Waals surface area contributed by atoms with Gasteiger partial charge in [-0.25, -0.2) is 4.79 Å². The Kier molecular flexibility index (Phi) is 8.56. The van der Waals surface area contributed by atoms with E-state index in [1.54, 1.807) is 32.9 Å². The summed E-state index contributed by atoms with van der Waals surface area (Å²) in [5.41, 5.74) is -0.449. The van der Waals surface area contributed by atoms with Gasteiger partial charge in [-0.2, -0.15) is 0 Å². The van der Waals surface area contributed by atoms with Gasteiger partial charge in [-0.15, -0.1) is 0 Å².